The monoisotopic (exact) mass is 609 g/mol. The molecule has 4 N–H and O–H groups in total. The van der Waals surface area contributed by atoms with Gasteiger partial charge in [-0.2, -0.15) is 4.31 Å². The summed E-state index contributed by atoms with van der Waals surface area (Å²) in [7, 11) is -2.56. The number of aliphatic hydroxyl groups is 1. The number of carboxylic acid groups (broad SMARTS) is 1. The minimum atomic E-state index is -4.06. The normalized spacial score (nSPS) is 14.0. The van der Waals surface area contributed by atoms with Crippen LogP contribution in [-0.4, -0.2) is 87.4 Å². The number of ether oxygens (including phenoxy) is 4. The highest BCUT2D eigenvalue weighted by molar-refractivity contribution is 7.89. The Bertz CT molecular complexity index is 1290. The Balaban J connectivity index is 1.64. The third-order valence-corrected chi connectivity index (χ3v) is 8.17. The van der Waals surface area contributed by atoms with E-state index in [9.17, 15) is 28.2 Å². The fourth-order valence-corrected chi connectivity index (χ4v) is 5.89. The van der Waals surface area contributed by atoms with Gasteiger partial charge in [-0.1, -0.05) is 26.0 Å². The maximum atomic E-state index is 13.6. The molecule has 0 aliphatic carbocycles. The zero-order valence-corrected chi connectivity index (χ0v) is 24.8. The van der Waals surface area contributed by atoms with Crippen LogP contribution in [0.25, 0.3) is 0 Å². The molecule has 0 saturated heterocycles. The van der Waals surface area contributed by atoms with Crippen LogP contribution in [0.15, 0.2) is 47.4 Å². The van der Waals surface area contributed by atoms with Crippen molar-refractivity contribution in [3.05, 3.63) is 48.0 Å². The van der Waals surface area contributed by atoms with E-state index >= 15 is 0 Å². The summed E-state index contributed by atoms with van der Waals surface area (Å²) in [5.74, 6) is 1.29. The molecule has 14 heteroatoms. The third kappa shape index (κ3) is 9.67. The molecule has 1 aliphatic rings. The Labute approximate surface area is 245 Å². The number of hydrogen-bond acceptors (Lipinski definition) is 9. The smallest absolute Gasteiger partial charge is 0.406 e. The largest absolute Gasteiger partial charge is 0.494 e. The number of nitrogens with one attached hydrogen (secondary N) is 2. The number of hydrogen-bond donors (Lipinski definition) is 4. The van der Waals surface area contributed by atoms with E-state index in [0.29, 0.717) is 42.3 Å². The average molecular weight is 610 g/mol. The number of fused-ring (bicyclic) bond motifs is 1. The molecule has 42 heavy (non-hydrogen) atoms. The van der Waals surface area contributed by atoms with Gasteiger partial charge in [0, 0.05) is 26.2 Å². The molecule has 13 nitrogen and oxygen atoms in total. The lowest BCUT2D eigenvalue weighted by Gasteiger charge is -2.30. The molecule has 2 aromatic rings. The second kappa shape index (κ2) is 15.5. The first-order chi connectivity index (χ1) is 20.0. The number of carbonyl (C=O) groups is 2. The summed E-state index contributed by atoms with van der Waals surface area (Å²) in [6.45, 7) is 4.19. The Kier molecular flexibility index (Phi) is 12.1. The van der Waals surface area contributed by atoms with Gasteiger partial charge in [-0.3, -0.25) is 0 Å². The summed E-state index contributed by atoms with van der Waals surface area (Å²) in [5.41, 5.74) is 0.716. The molecule has 0 aromatic heterocycles. The van der Waals surface area contributed by atoms with Crippen LogP contribution in [0.3, 0.4) is 0 Å². The van der Waals surface area contributed by atoms with E-state index in [0.717, 1.165) is 4.31 Å². The molecule has 0 saturated carbocycles. The summed E-state index contributed by atoms with van der Waals surface area (Å²) in [6.07, 6.45) is -1.73. The van der Waals surface area contributed by atoms with Crippen molar-refractivity contribution < 1.29 is 47.2 Å². The predicted molar refractivity (Wildman–Crippen MR) is 152 cm³/mol. The van der Waals surface area contributed by atoms with Crippen molar-refractivity contribution in [3.8, 4) is 17.2 Å². The topological polar surface area (TPSA) is 173 Å². The summed E-state index contributed by atoms with van der Waals surface area (Å²) in [4.78, 5) is 22.6. The predicted octanol–water partition coefficient (Wildman–Crippen LogP) is 2.82. The minimum Gasteiger partial charge on any atom is -0.494 e. The van der Waals surface area contributed by atoms with Gasteiger partial charge >= 0.3 is 12.2 Å². The van der Waals surface area contributed by atoms with Crippen molar-refractivity contribution in [1.29, 1.82) is 0 Å². The standard InChI is InChI=1S/C28H39N3O10S/c1-19(2)16-31(42(36,37)22-10-11-25-26(15-22)41-18-40-25)17-24(32)23(30-27(33)34)14-20-6-8-21(9-7-20)38-12-4-5-13-39-28(35)29-3/h6-11,15,19,23-24,30,32H,4-5,12-14,16-18H2,1-3H3,(H,29,35)(H,33,34)/t23-,24+/m0/s1. The van der Waals surface area contributed by atoms with Crippen LogP contribution in [0.2, 0.25) is 0 Å². The fourth-order valence-electron chi connectivity index (χ4n) is 4.25. The fraction of sp³-hybridized carbons (Fsp3) is 0.500. The van der Waals surface area contributed by atoms with Crippen LogP contribution in [0.1, 0.15) is 32.3 Å². The lowest BCUT2D eigenvalue weighted by molar-refractivity contribution is 0.0980. The van der Waals surface area contributed by atoms with E-state index < -0.39 is 34.4 Å². The van der Waals surface area contributed by atoms with Crippen LogP contribution in [0, 0.1) is 5.92 Å². The zero-order valence-electron chi connectivity index (χ0n) is 23.9. The van der Waals surface area contributed by atoms with Crippen molar-refractivity contribution >= 4 is 22.2 Å². The first-order valence-electron chi connectivity index (χ1n) is 13.6. The SMILES string of the molecule is CNC(=O)OCCCCOc1ccc(C[C@H](NC(=O)O)[C@H](O)CN(CC(C)C)S(=O)(=O)c2ccc3c(c2)OCO3)cc1. The summed E-state index contributed by atoms with van der Waals surface area (Å²) < 4.78 is 49.5. The molecule has 2 aromatic carbocycles. The van der Waals surface area contributed by atoms with E-state index in [1.54, 1.807) is 24.3 Å². The first-order valence-corrected chi connectivity index (χ1v) is 15.1. The van der Waals surface area contributed by atoms with E-state index in [1.165, 1.54) is 25.2 Å². The average Bonchev–Trinajstić information content (AvgIpc) is 3.42. The van der Waals surface area contributed by atoms with E-state index in [4.69, 9.17) is 18.9 Å². The van der Waals surface area contributed by atoms with Gasteiger partial charge in [0.15, 0.2) is 11.5 Å². The van der Waals surface area contributed by atoms with Crippen LogP contribution in [0.5, 0.6) is 17.2 Å². The van der Waals surface area contributed by atoms with Gasteiger partial charge < -0.3 is 39.8 Å². The number of rotatable bonds is 16. The van der Waals surface area contributed by atoms with Gasteiger partial charge in [0.25, 0.3) is 0 Å². The van der Waals surface area contributed by atoms with Gasteiger partial charge in [0.1, 0.15) is 5.75 Å². The molecular weight excluding hydrogens is 570 g/mol. The van der Waals surface area contributed by atoms with Gasteiger partial charge in [0.2, 0.25) is 16.8 Å². The molecule has 0 fully saturated rings. The Hall–Kier alpha value is -3.75. The van der Waals surface area contributed by atoms with Gasteiger partial charge in [0.05, 0.1) is 30.3 Å². The van der Waals surface area contributed by atoms with E-state index in [-0.39, 0.29) is 43.7 Å². The van der Waals surface area contributed by atoms with E-state index in [2.05, 4.69) is 10.6 Å². The number of aliphatic hydroxyl groups excluding tert-OH is 1. The van der Waals surface area contributed by atoms with Crippen LogP contribution < -0.4 is 24.8 Å². The van der Waals surface area contributed by atoms with Crippen molar-refractivity contribution in [2.75, 3.05) is 40.1 Å². The maximum Gasteiger partial charge on any atom is 0.406 e. The first kappa shape index (κ1) is 32.8. The number of sulfonamides is 1. The van der Waals surface area contributed by atoms with Crippen LogP contribution >= 0.6 is 0 Å². The molecular formula is C28H39N3O10S. The third-order valence-electron chi connectivity index (χ3n) is 6.34. The number of nitrogens with zero attached hydrogens (tertiary/aromatic N) is 1. The van der Waals surface area contributed by atoms with Crippen molar-refractivity contribution in [3.63, 3.8) is 0 Å². The van der Waals surface area contributed by atoms with Gasteiger partial charge in [-0.25, -0.2) is 18.0 Å². The number of amides is 2. The van der Waals surface area contributed by atoms with Gasteiger partial charge in [-0.15, -0.1) is 0 Å². The molecule has 1 heterocycles. The number of unbranched alkanes of at least 4 members (excludes halogenated alkanes) is 1. The lowest BCUT2D eigenvalue weighted by Crippen LogP contribution is -2.50. The number of carbonyl (C=O) groups excluding carboxylic acids is 1. The summed E-state index contributed by atoms with van der Waals surface area (Å²) in [6, 6.07) is 10.3. The quantitative estimate of drug-likeness (QED) is 0.207. The molecule has 1 aliphatic heterocycles. The molecule has 0 bridgehead atoms. The molecule has 0 radical (unpaired) electrons. The second-order valence-electron chi connectivity index (χ2n) is 10.1. The van der Waals surface area contributed by atoms with Gasteiger partial charge in [-0.05, 0) is 55.0 Å². The second-order valence-corrected chi connectivity index (χ2v) is 12.1. The summed E-state index contributed by atoms with van der Waals surface area (Å²) in [5, 5.41) is 25.3. The van der Waals surface area contributed by atoms with Crippen LogP contribution in [-0.2, 0) is 21.2 Å². The number of alkyl carbamates (subject to hydrolysis) is 1. The Morgan fingerprint density at radius 1 is 1.02 bits per heavy atom. The van der Waals surface area contributed by atoms with Crippen LogP contribution in [0.4, 0.5) is 9.59 Å². The maximum absolute atomic E-state index is 13.6. The molecule has 0 unspecified atom stereocenters. The highest BCUT2D eigenvalue weighted by atomic mass is 32.2. The molecule has 2 amide bonds. The highest BCUT2D eigenvalue weighted by Gasteiger charge is 2.32. The van der Waals surface area contributed by atoms with Crippen molar-refractivity contribution in [1.82, 2.24) is 14.9 Å². The minimum absolute atomic E-state index is 0.00127. The Morgan fingerprint density at radius 2 is 1.71 bits per heavy atom. The number of benzene rings is 2. The van der Waals surface area contributed by atoms with E-state index in [1.807, 2.05) is 13.8 Å². The highest BCUT2D eigenvalue weighted by Crippen LogP contribution is 2.35. The molecule has 2 atom stereocenters. The molecule has 232 valence electrons. The Morgan fingerprint density at radius 3 is 2.38 bits per heavy atom. The zero-order chi connectivity index (χ0) is 30.7. The summed E-state index contributed by atoms with van der Waals surface area (Å²) >= 11 is 0. The molecule has 0 spiro atoms. The van der Waals surface area contributed by atoms with Crippen molar-refractivity contribution in [2.45, 2.75) is 50.2 Å². The molecule has 3 rings (SSSR count). The lowest BCUT2D eigenvalue weighted by atomic mass is 10.0. The van der Waals surface area contributed by atoms with Crippen molar-refractivity contribution in [2.24, 2.45) is 5.92 Å².